The predicted molar refractivity (Wildman–Crippen MR) is 163 cm³/mol. The Kier molecular flexibility index (Phi) is 10.0. The number of oxazole rings is 1. The van der Waals surface area contributed by atoms with Crippen molar-refractivity contribution in [1.82, 2.24) is 14.9 Å². The van der Waals surface area contributed by atoms with E-state index >= 15 is 0 Å². The van der Waals surface area contributed by atoms with E-state index in [-0.39, 0.29) is 35.8 Å². The monoisotopic (exact) mass is 642 g/mol. The summed E-state index contributed by atoms with van der Waals surface area (Å²) in [4.78, 5) is 40.1. The zero-order valence-electron chi connectivity index (χ0n) is 25.3. The highest BCUT2D eigenvalue weighted by molar-refractivity contribution is 6.04. The van der Waals surface area contributed by atoms with Crippen LogP contribution >= 0.6 is 0 Å². The lowest BCUT2D eigenvalue weighted by molar-refractivity contribution is -0.141. The second kappa shape index (κ2) is 14.1. The van der Waals surface area contributed by atoms with Crippen LogP contribution in [0, 0.1) is 0 Å². The quantitative estimate of drug-likeness (QED) is 0.216. The third kappa shape index (κ3) is 7.90. The number of pyridine rings is 1. The van der Waals surface area contributed by atoms with Gasteiger partial charge in [-0.25, -0.2) is 14.2 Å². The minimum atomic E-state index is -4.91. The Morgan fingerprint density at radius 3 is 2.48 bits per heavy atom. The van der Waals surface area contributed by atoms with Crippen LogP contribution in [0.5, 0.6) is 5.88 Å². The van der Waals surface area contributed by atoms with E-state index in [1.54, 1.807) is 17.9 Å². The molecule has 14 heteroatoms. The third-order valence-electron chi connectivity index (χ3n) is 7.79. The van der Waals surface area contributed by atoms with Crippen LogP contribution in [0.2, 0.25) is 0 Å². The molecule has 10 nitrogen and oxygen atoms in total. The van der Waals surface area contributed by atoms with E-state index in [1.807, 2.05) is 30.3 Å². The Morgan fingerprint density at radius 1 is 1.11 bits per heavy atom. The number of likely N-dealkylation sites (tertiary alicyclic amines) is 1. The number of carbonyl (C=O) groups is 2. The van der Waals surface area contributed by atoms with E-state index in [2.05, 4.69) is 20.3 Å². The second-order valence-electron chi connectivity index (χ2n) is 11.1. The van der Waals surface area contributed by atoms with Crippen molar-refractivity contribution in [3.05, 3.63) is 77.8 Å². The number of ether oxygens (including phenoxy) is 1. The highest BCUT2D eigenvalue weighted by Crippen LogP contribution is 2.36. The number of aromatic nitrogens is 2. The Balaban J connectivity index is 1.19. The molecule has 0 spiro atoms. The summed E-state index contributed by atoms with van der Waals surface area (Å²) >= 11 is 0. The molecule has 1 aromatic carbocycles. The van der Waals surface area contributed by atoms with Gasteiger partial charge in [-0.1, -0.05) is 36.4 Å². The molecule has 2 saturated heterocycles. The van der Waals surface area contributed by atoms with Crippen molar-refractivity contribution in [3.63, 3.8) is 0 Å². The van der Waals surface area contributed by atoms with Gasteiger partial charge in [0.05, 0.1) is 24.1 Å². The maximum Gasteiger partial charge on any atom is 0.437 e. The number of anilines is 2. The molecule has 2 unspecified atom stereocenters. The lowest BCUT2D eigenvalue weighted by atomic mass is 9.90. The number of amides is 3. The van der Waals surface area contributed by atoms with E-state index in [0.29, 0.717) is 38.9 Å². The molecule has 2 aliphatic heterocycles. The number of piperidine rings is 1. The van der Waals surface area contributed by atoms with Gasteiger partial charge >= 0.3 is 12.2 Å². The van der Waals surface area contributed by atoms with E-state index in [0.717, 1.165) is 0 Å². The first-order valence-corrected chi connectivity index (χ1v) is 15.0. The van der Waals surface area contributed by atoms with Gasteiger partial charge < -0.3 is 24.3 Å². The maximum atomic E-state index is 13.9. The molecular weight excluding hydrogens is 608 g/mol. The first-order valence-electron chi connectivity index (χ1n) is 15.0. The standard InChI is InChI=1S/C32H34F4N6O4/c1-3-7-25(20(2)33)39-30(44)42-17-14-24(19-42)45-26-11-10-23(18-37-26)38-29(43)27-28(32(34,35)36)40-31(46-27)41-15-12-22(13-16-41)21-8-5-4-6-9-21/h3-11,18,20,22,24H,12-17,19H2,1-2H3,(H,38,43)/b7-3-,39-25?. The van der Waals surface area contributed by atoms with E-state index in [1.165, 1.54) is 41.8 Å². The summed E-state index contributed by atoms with van der Waals surface area (Å²) in [6.07, 6.45) is -0.533. The van der Waals surface area contributed by atoms with Crippen molar-refractivity contribution >= 4 is 29.4 Å². The van der Waals surface area contributed by atoms with Crippen molar-refractivity contribution in [3.8, 4) is 5.88 Å². The number of allylic oxidation sites excluding steroid dienone is 2. The molecule has 3 aromatic rings. The van der Waals surface area contributed by atoms with Crippen LogP contribution in [-0.4, -0.2) is 71.0 Å². The summed E-state index contributed by atoms with van der Waals surface area (Å²) in [5.74, 6) is -1.60. The number of carbonyl (C=O) groups excluding carboxylic acids is 2. The van der Waals surface area contributed by atoms with Crippen LogP contribution in [-0.2, 0) is 6.18 Å². The average molecular weight is 643 g/mol. The molecule has 1 N–H and O–H groups in total. The van der Waals surface area contributed by atoms with Crippen molar-refractivity contribution in [2.75, 3.05) is 36.4 Å². The number of hydrogen-bond acceptors (Lipinski definition) is 7. The molecule has 0 radical (unpaired) electrons. The van der Waals surface area contributed by atoms with Crippen molar-refractivity contribution in [1.29, 1.82) is 0 Å². The van der Waals surface area contributed by atoms with Gasteiger partial charge in [0, 0.05) is 32.1 Å². The van der Waals surface area contributed by atoms with Crippen molar-refractivity contribution < 1.29 is 36.3 Å². The number of benzene rings is 1. The number of hydrogen-bond donors (Lipinski definition) is 1. The van der Waals surface area contributed by atoms with Gasteiger partial charge in [0.2, 0.25) is 11.6 Å². The lowest BCUT2D eigenvalue weighted by Gasteiger charge is -2.31. The molecule has 2 fully saturated rings. The summed E-state index contributed by atoms with van der Waals surface area (Å²) in [6, 6.07) is 11.9. The molecule has 0 aliphatic carbocycles. The largest absolute Gasteiger partial charge is 0.472 e. The fraction of sp³-hybridized carbons (Fsp3) is 0.406. The highest BCUT2D eigenvalue weighted by Gasteiger charge is 2.42. The minimum Gasteiger partial charge on any atom is -0.472 e. The maximum absolute atomic E-state index is 13.9. The smallest absolute Gasteiger partial charge is 0.437 e. The SMILES string of the molecule is C/C=C\C(=NC(=O)N1CCC(Oc2ccc(NC(=O)c3oc(N4CCC(c5ccccc5)CC4)nc3C(F)(F)F)cn2)C1)C(C)F. The van der Waals surface area contributed by atoms with E-state index < -0.39 is 41.8 Å². The molecule has 2 aliphatic rings. The summed E-state index contributed by atoms with van der Waals surface area (Å²) in [6.45, 7) is 4.43. The number of nitrogens with one attached hydrogen (secondary N) is 1. The van der Waals surface area contributed by atoms with Crippen LogP contribution in [0.3, 0.4) is 0 Å². The van der Waals surface area contributed by atoms with E-state index in [9.17, 15) is 27.2 Å². The number of rotatable bonds is 8. The van der Waals surface area contributed by atoms with Crippen LogP contribution in [0.4, 0.5) is 34.1 Å². The summed E-state index contributed by atoms with van der Waals surface area (Å²) in [5.41, 5.74) is -0.0871. The van der Waals surface area contributed by atoms with Crippen LogP contribution in [0.25, 0.3) is 0 Å². The van der Waals surface area contributed by atoms with Gasteiger partial charge in [-0.3, -0.25) is 4.79 Å². The van der Waals surface area contributed by atoms with Crippen LogP contribution < -0.4 is 15.0 Å². The number of halogens is 4. The molecule has 2 atom stereocenters. The van der Waals surface area contributed by atoms with Crippen LogP contribution in [0.15, 0.2) is 70.2 Å². The first-order chi connectivity index (χ1) is 22.0. The predicted octanol–water partition coefficient (Wildman–Crippen LogP) is 6.67. The Hall–Kier alpha value is -4.75. The summed E-state index contributed by atoms with van der Waals surface area (Å²) in [7, 11) is 0. The highest BCUT2D eigenvalue weighted by atomic mass is 19.4. The third-order valence-corrected chi connectivity index (χ3v) is 7.79. The second-order valence-corrected chi connectivity index (χ2v) is 11.1. The molecule has 4 heterocycles. The fourth-order valence-electron chi connectivity index (χ4n) is 5.41. The zero-order chi connectivity index (χ0) is 32.8. The Labute approximate surface area is 263 Å². The molecule has 3 amide bonds. The number of urea groups is 1. The first kappa shape index (κ1) is 32.6. The Bertz CT molecular complexity index is 1570. The lowest BCUT2D eigenvalue weighted by Crippen LogP contribution is -2.33. The fourth-order valence-corrected chi connectivity index (χ4v) is 5.41. The van der Waals surface area contributed by atoms with Gasteiger partial charge in [-0.05, 0) is 50.3 Å². The van der Waals surface area contributed by atoms with Gasteiger partial charge in [-0.15, -0.1) is 0 Å². The van der Waals surface area contributed by atoms with Crippen molar-refractivity contribution in [2.24, 2.45) is 4.99 Å². The topological polar surface area (TPSA) is 113 Å². The molecule has 2 aromatic heterocycles. The molecule has 46 heavy (non-hydrogen) atoms. The van der Waals surface area contributed by atoms with Gasteiger partial charge in [0.1, 0.15) is 12.3 Å². The zero-order valence-corrected chi connectivity index (χ0v) is 25.3. The molecule has 0 saturated carbocycles. The number of nitrogens with zero attached hydrogens (tertiary/aromatic N) is 5. The summed E-state index contributed by atoms with van der Waals surface area (Å²) < 4.78 is 66.6. The van der Waals surface area contributed by atoms with Gasteiger partial charge in [0.25, 0.3) is 11.9 Å². The number of aliphatic imine (C=N–C) groups is 1. The van der Waals surface area contributed by atoms with Crippen LogP contribution in [0.1, 0.15) is 60.8 Å². The minimum absolute atomic E-state index is 0.0311. The average Bonchev–Trinajstić information content (AvgIpc) is 3.71. The van der Waals surface area contributed by atoms with Gasteiger partial charge in [-0.2, -0.15) is 23.1 Å². The van der Waals surface area contributed by atoms with E-state index in [4.69, 9.17) is 9.15 Å². The molecule has 0 bridgehead atoms. The molecular formula is C32H34F4N6O4. The normalized spacial score (nSPS) is 18.7. The molecule has 5 rings (SSSR count). The van der Waals surface area contributed by atoms with Crippen molar-refractivity contribution in [2.45, 2.75) is 57.5 Å². The van der Waals surface area contributed by atoms with Gasteiger partial charge in [0.15, 0.2) is 5.69 Å². The Morgan fingerprint density at radius 2 is 1.85 bits per heavy atom. The molecule has 244 valence electrons. The number of alkyl halides is 4. The summed E-state index contributed by atoms with van der Waals surface area (Å²) in [5, 5.41) is 2.38.